The first-order valence-corrected chi connectivity index (χ1v) is 3.77. The molecule has 0 fully saturated rings. The van der Waals surface area contributed by atoms with Crippen molar-refractivity contribution in [3.05, 3.63) is 29.8 Å². The van der Waals surface area contributed by atoms with Crippen LogP contribution in [-0.4, -0.2) is 6.23 Å². The molecule has 0 bridgehead atoms. The van der Waals surface area contributed by atoms with E-state index in [4.69, 9.17) is 10.5 Å². The van der Waals surface area contributed by atoms with E-state index < -0.39 is 0 Å². The first-order valence-electron chi connectivity index (χ1n) is 3.77. The molecule has 1 aromatic carbocycles. The van der Waals surface area contributed by atoms with Gasteiger partial charge in [0.2, 0.25) is 0 Å². The molecule has 1 unspecified atom stereocenters. The number of rotatable bonds is 0. The number of hydrogen-bond donors (Lipinski definition) is 1. The van der Waals surface area contributed by atoms with Gasteiger partial charge in [-0.25, -0.2) is 0 Å². The monoisotopic (exact) mass is 237 g/mol. The van der Waals surface area contributed by atoms with Crippen LogP contribution >= 0.6 is 0 Å². The van der Waals surface area contributed by atoms with Gasteiger partial charge in [-0.05, 0) is 6.42 Å². The van der Waals surface area contributed by atoms with Gasteiger partial charge >= 0.3 is 32.7 Å². The van der Waals surface area contributed by atoms with Gasteiger partial charge in [-0.15, -0.1) is 11.6 Å². The molecule has 12 heavy (non-hydrogen) atoms. The Morgan fingerprint density at radius 3 is 3.25 bits per heavy atom. The number of ether oxygens (including phenoxy) is 1. The third-order valence-electron chi connectivity index (χ3n) is 1.88. The third kappa shape index (κ3) is 2.06. The fourth-order valence-electron chi connectivity index (χ4n) is 1.28. The Morgan fingerprint density at radius 1 is 1.58 bits per heavy atom. The number of benzene rings is 1. The molecule has 2 nitrogen and oxygen atoms in total. The number of hydrogen-bond acceptors (Lipinski definition) is 2. The van der Waals surface area contributed by atoms with Gasteiger partial charge in [0.1, 0.15) is 6.23 Å². The zero-order valence-corrected chi connectivity index (χ0v) is 9.62. The van der Waals surface area contributed by atoms with Crippen molar-refractivity contribution in [3.63, 3.8) is 0 Å². The fraction of sp³-hybridized carbons (Fsp3) is 0.333. The predicted octanol–water partition coefficient (Wildman–Crippen LogP) is 1.09. The van der Waals surface area contributed by atoms with Crippen LogP contribution in [0.2, 0.25) is 0 Å². The van der Waals surface area contributed by atoms with Crippen molar-refractivity contribution in [2.45, 2.75) is 19.1 Å². The Hall–Kier alpha value is 0.0839. The first kappa shape index (κ1) is 10.2. The number of aryl methyl sites for hydroxylation is 1. The molecule has 0 radical (unpaired) electrons. The van der Waals surface area contributed by atoms with Crippen molar-refractivity contribution in [1.29, 1.82) is 0 Å². The van der Waals surface area contributed by atoms with Crippen LogP contribution in [-0.2, 0) is 39.1 Å². The van der Waals surface area contributed by atoms with Crippen LogP contribution in [0.1, 0.15) is 12.0 Å². The molecule has 0 saturated carbocycles. The van der Waals surface area contributed by atoms with E-state index >= 15 is 0 Å². The molecule has 1 aliphatic heterocycles. The van der Waals surface area contributed by atoms with Crippen molar-refractivity contribution < 1.29 is 37.4 Å². The van der Waals surface area contributed by atoms with Crippen LogP contribution in [0.5, 0.6) is 5.75 Å². The first-order chi connectivity index (χ1) is 5.36. The van der Waals surface area contributed by atoms with Crippen LogP contribution < -0.4 is 10.5 Å². The van der Waals surface area contributed by atoms with Gasteiger partial charge in [-0.2, -0.15) is 18.2 Å². The summed E-state index contributed by atoms with van der Waals surface area (Å²) in [5.74, 6) is 0.919. The van der Waals surface area contributed by atoms with E-state index in [1.54, 1.807) is 0 Å². The molecule has 0 amide bonds. The van der Waals surface area contributed by atoms with Crippen LogP contribution in [0.15, 0.2) is 18.2 Å². The molecule has 1 aromatic rings. The van der Waals surface area contributed by atoms with Crippen molar-refractivity contribution in [2.24, 2.45) is 5.73 Å². The second-order valence-corrected chi connectivity index (χ2v) is 2.73. The zero-order chi connectivity index (χ0) is 7.68. The van der Waals surface area contributed by atoms with Gasteiger partial charge in [-0.3, -0.25) is 5.73 Å². The third-order valence-corrected chi connectivity index (χ3v) is 1.88. The summed E-state index contributed by atoms with van der Waals surface area (Å²) in [5.41, 5.74) is 6.83. The smallest absolute Gasteiger partial charge is 0.501 e. The van der Waals surface area contributed by atoms with E-state index in [0.717, 1.165) is 18.6 Å². The average molecular weight is 237 g/mol. The van der Waals surface area contributed by atoms with Gasteiger partial charge in [0.15, 0.2) is 0 Å². The molecule has 1 aliphatic rings. The summed E-state index contributed by atoms with van der Waals surface area (Å²) in [6.07, 6.45) is 1.79. The topological polar surface area (TPSA) is 35.2 Å². The van der Waals surface area contributed by atoms with Crippen molar-refractivity contribution in [3.8, 4) is 5.75 Å². The molecule has 0 spiro atoms. The standard InChI is InChI=1S/C9H10NO.Y/c10-9-6-5-7-3-1-2-4-8(7)11-9;/h2-4,9H,5-6,10H2;/q-1;+3. The van der Waals surface area contributed by atoms with E-state index in [1.807, 2.05) is 18.2 Å². The maximum Gasteiger partial charge on any atom is 3.00 e. The van der Waals surface area contributed by atoms with Crippen LogP contribution in [0.25, 0.3) is 0 Å². The number of nitrogens with two attached hydrogens (primary N) is 1. The maximum absolute atomic E-state index is 5.62. The largest absolute Gasteiger partial charge is 3.00 e. The van der Waals surface area contributed by atoms with Crippen LogP contribution in [0.3, 0.4) is 0 Å². The minimum Gasteiger partial charge on any atom is -0.501 e. The molecule has 58 valence electrons. The van der Waals surface area contributed by atoms with Gasteiger partial charge in [0.25, 0.3) is 0 Å². The second-order valence-electron chi connectivity index (χ2n) is 2.73. The Bertz CT molecular complexity index is 264. The summed E-state index contributed by atoms with van der Waals surface area (Å²) in [4.78, 5) is 0. The van der Waals surface area contributed by atoms with Gasteiger partial charge in [-0.1, -0.05) is 6.42 Å². The molecule has 2 N–H and O–H groups in total. The Kier molecular flexibility index (Phi) is 3.69. The molecular weight excluding hydrogens is 227 g/mol. The summed E-state index contributed by atoms with van der Waals surface area (Å²) in [5, 5.41) is 0. The number of fused-ring (bicyclic) bond motifs is 1. The van der Waals surface area contributed by atoms with Gasteiger partial charge < -0.3 is 4.74 Å². The van der Waals surface area contributed by atoms with E-state index in [-0.39, 0.29) is 38.9 Å². The summed E-state index contributed by atoms with van der Waals surface area (Å²) in [6.45, 7) is 0. The van der Waals surface area contributed by atoms with Crippen LogP contribution in [0, 0.1) is 6.07 Å². The summed E-state index contributed by atoms with van der Waals surface area (Å²) < 4.78 is 5.39. The maximum atomic E-state index is 5.62. The van der Waals surface area contributed by atoms with Crippen molar-refractivity contribution in [2.75, 3.05) is 0 Å². The molecule has 0 saturated heterocycles. The van der Waals surface area contributed by atoms with Gasteiger partial charge in [0, 0.05) is 5.75 Å². The molecule has 3 heteroatoms. The fourth-order valence-corrected chi connectivity index (χ4v) is 1.28. The SMILES string of the molecule is NC1CCc2c[c-]ccc2O1.[Y+3]. The summed E-state index contributed by atoms with van der Waals surface area (Å²) >= 11 is 0. The van der Waals surface area contributed by atoms with Crippen LogP contribution in [0.4, 0.5) is 0 Å². The molecule has 1 heterocycles. The average Bonchev–Trinajstić information content (AvgIpc) is 2.04. The molecule has 1 atom stereocenters. The quantitative estimate of drug-likeness (QED) is 0.685. The zero-order valence-electron chi connectivity index (χ0n) is 6.79. The Balaban J connectivity index is 0.000000720. The minimum atomic E-state index is -0.120. The van der Waals surface area contributed by atoms with Crippen molar-refractivity contribution >= 4 is 0 Å². The molecular formula is C9H10NOY+2. The molecule has 0 aliphatic carbocycles. The van der Waals surface area contributed by atoms with E-state index in [9.17, 15) is 0 Å². The second kappa shape index (κ2) is 4.36. The van der Waals surface area contributed by atoms with Gasteiger partial charge in [0.05, 0.1) is 0 Å². The van der Waals surface area contributed by atoms with E-state index in [0.29, 0.717) is 0 Å². The summed E-state index contributed by atoms with van der Waals surface area (Å²) in [6, 6.07) is 8.73. The van der Waals surface area contributed by atoms with E-state index in [1.165, 1.54) is 5.56 Å². The Labute approximate surface area is 97.4 Å². The van der Waals surface area contributed by atoms with E-state index in [2.05, 4.69) is 6.07 Å². The summed E-state index contributed by atoms with van der Waals surface area (Å²) in [7, 11) is 0. The van der Waals surface area contributed by atoms with Crippen molar-refractivity contribution in [1.82, 2.24) is 0 Å². The minimum absolute atomic E-state index is 0. The predicted molar refractivity (Wildman–Crippen MR) is 42.2 cm³/mol. The normalized spacial score (nSPS) is 20.2. The molecule has 0 aromatic heterocycles. The molecule has 2 rings (SSSR count). The Morgan fingerprint density at radius 2 is 2.42 bits per heavy atom.